The number of carboxylic acid groups (broad SMARTS) is 1. The van der Waals surface area contributed by atoms with Crippen molar-refractivity contribution in [3.63, 3.8) is 0 Å². The Morgan fingerprint density at radius 3 is 2.89 bits per heavy atom. The lowest BCUT2D eigenvalue weighted by atomic mass is 10.0. The third-order valence-electron chi connectivity index (χ3n) is 2.98. The maximum Gasteiger partial charge on any atom is 0.303 e. The van der Waals surface area contributed by atoms with Crippen LogP contribution >= 0.6 is 0 Å². The molecule has 1 N–H and O–H groups in total. The monoisotopic (exact) mass is 249 g/mol. The second-order valence-electron chi connectivity index (χ2n) is 5.25. The van der Waals surface area contributed by atoms with Crippen LogP contribution in [-0.4, -0.2) is 29.8 Å². The maximum absolute atomic E-state index is 10.6. The maximum atomic E-state index is 10.6. The standard InChI is InChI=1S/C14H19NO3/c1-14(2)10-15(9-5-8-13(16)17)11-6-3-4-7-12(11)18-14/h3-4,6-7H,5,8-10H2,1-2H3,(H,16,17). The number of anilines is 1. The van der Waals surface area contributed by atoms with Crippen molar-refractivity contribution >= 4 is 11.7 Å². The van der Waals surface area contributed by atoms with E-state index in [9.17, 15) is 4.79 Å². The van der Waals surface area contributed by atoms with Crippen LogP contribution in [0.4, 0.5) is 5.69 Å². The smallest absolute Gasteiger partial charge is 0.303 e. The highest BCUT2D eigenvalue weighted by Gasteiger charge is 2.30. The number of benzene rings is 1. The zero-order chi connectivity index (χ0) is 13.2. The van der Waals surface area contributed by atoms with Gasteiger partial charge in [-0.3, -0.25) is 4.79 Å². The molecular weight excluding hydrogens is 230 g/mol. The number of hydrogen-bond donors (Lipinski definition) is 1. The highest BCUT2D eigenvalue weighted by molar-refractivity contribution is 5.67. The van der Waals surface area contributed by atoms with Crippen LogP contribution in [-0.2, 0) is 4.79 Å². The number of aliphatic carboxylic acids is 1. The summed E-state index contributed by atoms with van der Waals surface area (Å²) >= 11 is 0. The first kappa shape index (κ1) is 12.7. The average molecular weight is 249 g/mol. The van der Waals surface area contributed by atoms with Gasteiger partial charge in [-0.2, -0.15) is 0 Å². The van der Waals surface area contributed by atoms with Gasteiger partial charge in [-0.15, -0.1) is 0 Å². The van der Waals surface area contributed by atoms with Gasteiger partial charge in [0.25, 0.3) is 0 Å². The van der Waals surface area contributed by atoms with E-state index >= 15 is 0 Å². The number of nitrogens with zero attached hydrogens (tertiary/aromatic N) is 1. The summed E-state index contributed by atoms with van der Waals surface area (Å²) < 4.78 is 5.92. The molecule has 98 valence electrons. The Morgan fingerprint density at radius 1 is 1.44 bits per heavy atom. The van der Waals surface area contributed by atoms with Crippen molar-refractivity contribution in [2.45, 2.75) is 32.3 Å². The molecule has 4 nitrogen and oxygen atoms in total. The predicted molar refractivity (Wildman–Crippen MR) is 70.2 cm³/mol. The molecule has 0 aliphatic carbocycles. The molecule has 0 radical (unpaired) electrons. The third kappa shape index (κ3) is 2.94. The van der Waals surface area contributed by atoms with Crippen LogP contribution in [0, 0.1) is 0 Å². The average Bonchev–Trinajstić information content (AvgIpc) is 2.27. The van der Waals surface area contributed by atoms with E-state index in [1.54, 1.807) is 0 Å². The van der Waals surface area contributed by atoms with Crippen molar-refractivity contribution in [3.05, 3.63) is 24.3 Å². The van der Waals surface area contributed by atoms with Crippen LogP contribution in [0.15, 0.2) is 24.3 Å². The van der Waals surface area contributed by atoms with Crippen LogP contribution in [0.25, 0.3) is 0 Å². The van der Waals surface area contributed by atoms with Crippen molar-refractivity contribution in [2.24, 2.45) is 0 Å². The zero-order valence-electron chi connectivity index (χ0n) is 10.8. The molecule has 1 aliphatic rings. The van der Waals surface area contributed by atoms with Crippen LogP contribution < -0.4 is 9.64 Å². The van der Waals surface area contributed by atoms with Gasteiger partial charge < -0.3 is 14.7 Å². The molecule has 0 unspecified atom stereocenters. The number of carbonyl (C=O) groups is 1. The molecule has 1 aromatic carbocycles. The molecule has 0 spiro atoms. The Bertz CT molecular complexity index is 442. The fraction of sp³-hybridized carbons (Fsp3) is 0.500. The largest absolute Gasteiger partial charge is 0.484 e. The molecule has 1 heterocycles. The van der Waals surface area contributed by atoms with E-state index in [0.29, 0.717) is 6.42 Å². The van der Waals surface area contributed by atoms with E-state index < -0.39 is 5.97 Å². The Balaban J connectivity index is 2.12. The molecule has 0 fully saturated rings. The summed E-state index contributed by atoms with van der Waals surface area (Å²) in [7, 11) is 0. The number of rotatable bonds is 4. The van der Waals surface area contributed by atoms with Gasteiger partial charge in [-0.1, -0.05) is 12.1 Å². The van der Waals surface area contributed by atoms with E-state index in [0.717, 1.165) is 24.5 Å². The van der Waals surface area contributed by atoms with Crippen molar-refractivity contribution < 1.29 is 14.6 Å². The van der Waals surface area contributed by atoms with Gasteiger partial charge in [0.05, 0.1) is 12.2 Å². The molecule has 0 aromatic heterocycles. The number of carboxylic acids is 1. The SMILES string of the molecule is CC1(C)CN(CCCC(=O)O)c2ccccc2O1. The summed E-state index contributed by atoms with van der Waals surface area (Å²) in [6.45, 7) is 5.63. The van der Waals surface area contributed by atoms with Gasteiger partial charge >= 0.3 is 5.97 Å². The molecular formula is C14H19NO3. The van der Waals surface area contributed by atoms with E-state index in [1.165, 1.54) is 0 Å². The minimum Gasteiger partial charge on any atom is -0.484 e. The second kappa shape index (κ2) is 4.88. The molecule has 0 amide bonds. The molecule has 0 saturated carbocycles. The van der Waals surface area contributed by atoms with Crippen molar-refractivity contribution in [2.75, 3.05) is 18.0 Å². The molecule has 1 aliphatic heterocycles. The van der Waals surface area contributed by atoms with Crippen molar-refractivity contribution in [3.8, 4) is 5.75 Å². The first-order valence-electron chi connectivity index (χ1n) is 6.23. The summed E-state index contributed by atoms with van der Waals surface area (Å²) in [6.07, 6.45) is 0.861. The summed E-state index contributed by atoms with van der Waals surface area (Å²) in [4.78, 5) is 12.8. The second-order valence-corrected chi connectivity index (χ2v) is 5.25. The fourth-order valence-electron chi connectivity index (χ4n) is 2.30. The lowest BCUT2D eigenvalue weighted by Gasteiger charge is -2.40. The zero-order valence-corrected chi connectivity index (χ0v) is 10.8. The number of hydrogen-bond acceptors (Lipinski definition) is 3. The lowest BCUT2D eigenvalue weighted by Crippen LogP contribution is -2.47. The molecule has 2 rings (SSSR count). The first-order chi connectivity index (χ1) is 8.48. The summed E-state index contributed by atoms with van der Waals surface area (Å²) in [5.74, 6) is 0.139. The van der Waals surface area contributed by atoms with Gasteiger partial charge in [0.15, 0.2) is 0 Å². The minimum absolute atomic E-state index is 0.208. The number of fused-ring (bicyclic) bond motifs is 1. The van der Waals surface area contributed by atoms with E-state index in [2.05, 4.69) is 4.90 Å². The quantitative estimate of drug-likeness (QED) is 0.890. The highest BCUT2D eigenvalue weighted by atomic mass is 16.5. The topological polar surface area (TPSA) is 49.8 Å². The van der Waals surface area contributed by atoms with Gasteiger partial charge in [-0.05, 0) is 32.4 Å². The Labute approximate surface area is 107 Å². The van der Waals surface area contributed by atoms with Crippen LogP contribution in [0.5, 0.6) is 5.75 Å². The normalized spacial score (nSPS) is 16.9. The lowest BCUT2D eigenvalue weighted by molar-refractivity contribution is -0.137. The number of ether oxygens (including phenoxy) is 1. The van der Waals surface area contributed by atoms with E-state index in [4.69, 9.17) is 9.84 Å². The van der Waals surface area contributed by atoms with E-state index in [1.807, 2.05) is 38.1 Å². The Hall–Kier alpha value is -1.71. The summed E-state index contributed by atoms with van der Waals surface area (Å²) in [5.41, 5.74) is 0.819. The third-order valence-corrected chi connectivity index (χ3v) is 2.98. The predicted octanol–water partition coefficient (Wildman–Crippen LogP) is 2.53. The molecule has 0 bridgehead atoms. The van der Waals surface area contributed by atoms with Crippen LogP contribution in [0.1, 0.15) is 26.7 Å². The molecule has 18 heavy (non-hydrogen) atoms. The van der Waals surface area contributed by atoms with Gasteiger partial charge in [0.2, 0.25) is 0 Å². The van der Waals surface area contributed by atoms with Crippen molar-refractivity contribution in [1.29, 1.82) is 0 Å². The van der Waals surface area contributed by atoms with Gasteiger partial charge in [-0.25, -0.2) is 0 Å². The Morgan fingerprint density at radius 2 is 2.17 bits per heavy atom. The molecule has 0 atom stereocenters. The highest BCUT2D eigenvalue weighted by Crippen LogP contribution is 2.36. The minimum atomic E-state index is -0.740. The molecule has 1 aromatic rings. The molecule has 0 saturated heterocycles. The summed E-state index contributed by atoms with van der Waals surface area (Å²) in [5, 5.41) is 8.70. The van der Waals surface area contributed by atoms with Gasteiger partial charge in [0.1, 0.15) is 11.4 Å². The first-order valence-corrected chi connectivity index (χ1v) is 6.23. The van der Waals surface area contributed by atoms with Gasteiger partial charge in [0, 0.05) is 13.0 Å². The number of para-hydroxylation sites is 2. The Kier molecular flexibility index (Phi) is 3.45. The van der Waals surface area contributed by atoms with E-state index in [-0.39, 0.29) is 12.0 Å². The van der Waals surface area contributed by atoms with Crippen LogP contribution in [0.2, 0.25) is 0 Å². The molecule has 4 heteroatoms. The van der Waals surface area contributed by atoms with Crippen LogP contribution in [0.3, 0.4) is 0 Å². The fourth-order valence-corrected chi connectivity index (χ4v) is 2.30. The van der Waals surface area contributed by atoms with Crippen molar-refractivity contribution in [1.82, 2.24) is 0 Å². The summed E-state index contributed by atoms with van der Waals surface area (Å²) in [6, 6.07) is 7.91.